The van der Waals surface area contributed by atoms with Crippen molar-refractivity contribution in [2.75, 3.05) is 32.7 Å². The maximum absolute atomic E-state index is 14.3. The molecule has 0 heterocycles. The maximum Gasteiger partial charge on any atom is 0.243 e. The van der Waals surface area contributed by atoms with E-state index in [0.717, 1.165) is 16.7 Å². The minimum atomic E-state index is -3.89. The van der Waals surface area contributed by atoms with Crippen molar-refractivity contribution in [2.24, 2.45) is 11.8 Å². The fourth-order valence-corrected chi connectivity index (χ4v) is 13.1. The van der Waals surface area contributed by atoms with Crippen LogP contribution < -0.4 is 4.72 Å². The summed E-state index contributed by atoms with van der Waals surface area (Å²) in [6, 6.07) is 11.2. The van der Waals surface area contributed by atoms with E-state index in [-0.39, 0.29) is 38.0 Å². The van der Waals surface area contributed by atoms with Crippen LogP contribution in [-0.2, 0) is 30.1 Å². The van der Waals surface area contributed by atoms with Crippen LogP contribution in [0.5, 0.6) is 0 Å². The van der Waals surface area contributed by atoms with Gasteiger partial charge in [-0.3, -0.25) is 0 Å². The zero-order valence-electron chi connectivity index (χ0n) is 31.3. The van der Waals surface area contributed by atoms with Gasteiger partial charge in [0, 0.05) is 32.7 Å². The number of nitrogens with zero attached hydrogens (tertiary/aromatic N) is 2. The Hall–Kier alpha value is -2.61. The number of nitrogens with one attached hydrogen (secondary N) is 1. The standard InChI is InChI=1S/C38H55N3O6S3/c1-11-40(49(44,45)37-30(7)18-26(3)19-31(37)8)14-12-13-15-41(50(46,47)38-32(9)20-27(4)21-33(38)10)24-35-22-34(35)23-39-48(42,43)36-28(5)16-25(2)17-29(36)6/h16-21,34-35,39H,11-15,22-24H2,1-10H3. The molecule has 4 rings (SSSR count). The van der Waals surface area contributed by atoms with Gasteiger partial charge >= 0.3 is 0 Å². The minimum Gasteiger partial charge on any atom is -0.211 e. The molecule has 0 radical (unpaired) electrons. The summed E-state index contributed by atoms with van der Waals surface area (Å²) in [6.45, 7) is 19.8. The van der Waals surface area contributed by atoms with E-state index in [9.17, 15) is 25.3 Å². The Morgan fingerprint density at radius 2 is 0.920 bits per heavy atom. The Labute approximate surface area is 301 Å². The molecule has 0 amide bonds. The molecule has 1 N–H and O–H groups in total. The van der Waals surface area contributed by atoms with E-state index < -0.39 is 30.1 Å². The van der Waals surface area contributed by atoms with E-state index in [2.05, 4.69) is 4.72 Å². The Balaban J connectivity index is 1.49. The van der Waals surface area contributed by atoms with Gasteiger partial charge < -0.3 is 0 Å². The van der Waals surface area contributed by atoms with Gasteiger partial charge in [-0.1, -0.05) is 60.0 Å². The van der Waals surface area contributed by atoms with E-state index >= 15 is 0 Å². The molecule has 0 bridgehead atoms. The van der Waals surface area contributed by atoms with Crippen molar-refractivity contribution >= 4 is 30.1 Å². The summed E-state index contributed by atoms with van der Waals surface area (Å²) in [5.74, 6) is 0.00853. The molecule has 1 fully saturated rings. The van der Waals surface area contributed by atoms with Gasteiger partial charge in [0.15, 0.2) is 0 Å². The van der Waals surface area contributed by atoms with Crippen LogP contribution in [0.2, 0.25) is 0 Å². The van der Waals surface area contributed by atoms with Crippen molar-refractivity contribution in [3.8, 4) is 0 Å². The Kier molecular flexibility index (Phi) is 12.5. The molecule has 0 aliphatic heterocycles. The molecule has 0 spiro atoms. The molecule has 2 unspecified atom stereocenters. The molecular weight excluding hydrogens is 691 g/mol. The molecule has 0 saturated heterocycles. The number of hydrogen-bond donors (Lipinski definition) is 1. The van der Waals surface area contributed by atoms with E-state index in [4.69, 9.17) is 0 Å². The number of aryl methyl sites for hydroxylation is 9. The molecule has 50 heavy (non-hydrogen) atoms. The monoisotopic (exact) mass is 745 g/mol. The topological polar surface area (TPSA) is 121 Å². The van der Waals surface area contributed by atoms with Crippen LogP contribution in [0.1, 0.15) is 76.3 Å². The van der Waals surface area contributed by atoms with Gasteiger partial charge in [-0.05, 0) is 127 Å². The van der Waals surface area contributed by atoms with Gasteiger partial charge in [0.1, 0.15) is 0 Å². The first-order valence-corrected chi connectivity index (χ1v) is 21.8. The third kappa shape index (κ3) is 8.87. The number of benzene rings is 3. The van der Waals surface area contributed by atoms with Crippen LogP contribution in [-0.4, -0.2) is 66.6 Å². The lowest BCUT2D eigenvalue weighted by Crippen LogP contribution is -2.36. The predicted octanol–water partition coefficient (Wildman–Crippen LogP) is 6.56. The zero-order valence-corrected chi connectivity index (χ0v) is 33.8. The summed E-state index contributed by atoms with van der Waals surface area (Å²) >= 11 is 0. The molecule has 2 atom stereocenters. The molecule has 1 aliphatic rings. The first-order valence-electron chi connectivity index (χ1n) is 17.4. The average Bonchev–Trinajstić information content (AvgIpc) is 3.71. The first-order chi connectivity index (χ1) is 23.2. The number of rotatable bonds is 16. The zero-order chi connectivity index (χ0) is 37.3. The van der Waals surface area contributed by atoms with Gasteiger partial charge in [-0.25, -0.2) is 30.0 Å². The molecule has 3 aromatic carbocycles. The maximum atomic E-state index is 14.3. The second kappa shape index (κ2) is 15.6. The quantitative estimate of drug-likeness (QED) is 0.166. The van der Waals surface area contributed by atoms with Crippen molar-refractivity contribution in [1.82, 2.24) is 13.3 Å². The van der Waals surface area contributed by atoms with Crippen molar-refractivity contribution in [3.63, 3.8) is 0 Å². The van der Waals surface area contributed by atoms with Crippen LogP contribution in [0.3, 0.4) is 0 Å². The Morgan fingerprint density at radius 3 is 1.32 bits per heavy atom. The van der Waals surface area contributed by atoms with Crippen LogP contribution in [0.15, 0.2) is 51.1 Å². The molecule has 1 aliphatic carbocycles. The van der Waals surface area contributed by atoms with Crippen molar-refractivity contribution in [1.29, 1.82) is 0 Å². The molecule has 1 saturated carbocycles. The second-order valence-electron chi connectivity index (χ2n) is 14.4. The van der Waals surface area contributed by atoms with Gasteiger partial charge in [0.2, 0.25) is 30.1 Å². The summed E-state index contributed by atoms with van der Waals surface area (Å²) in [5.41, 5.74) is 7.19. The number of unbranched alkanes of at least 4 members (excludes halogenated alkanes) is 1. The van der Waals surface area contributed by atoms with Crippen molar-refractivity contribution in [3.05, 3.63) is 86.5 Å². The summed E-state index contributed by atoms with van der Waals surface area (Å²) in [5, 5.41) is 0. The average molecular weight is 746 g/mol. The third-order valence-corrected chi connectivity index (χ3v) is 15.9. The highest BCUT2D eigenvalue weighted by Crippen LogP contribution is 2.40. The van der Waals surface area contributed by atoms with Crippen LogP contribution in [0, 0.1) is 74.1 Å². The highest BCUT2D eigenvalue weighted by molar-refractivity contribution is 7.90. The highest BCUT2D eigenvalue weighted by atomic mass is 32.2. The van der Waals surface area contributed by atoms with Gasteiger partial charge in [0.25, 0.3) is 0 Å². The van der Waals surface area contributed by atoms with E-state index in [1.807, 2.05) is 91.8 Å². The molecule has 12 heteroatoms. The summed E-state index contributed by atoms with van der Waals surface area (Å²) in [4.78, 5) is 0.933. The predicted molar refractivity (Wildman–Crippen MR) is 201 cm³/mol. The number of sulfonamides is 3. The molecule has 3 aromatic rings. The van der Waals surface area contributed by atoms with Gasteiger partial charge in [-0.15, -0.1) is 0 Å². The summed E-state index contributed by atoms with van der Waals surface area (Å²) in [7, 11) is -11.4. The van der Waals surface area contributed by atoms with Gasteiger partial charge in [-0.2, -0.15) is 8.61 Å². The molecule has 0 aromatic heterocycles. The third-order valence-electron chi connectivity index (χ3n) is 9.74. The largest absolute Gasteiger partial charge is 0.243 e. The molecule has 276 valence electrons. The lowest BCUT2D eigenvalue weighted by atomic mass is 10.1. The summed E-state index contributed by atoms with van der Waals surface area (Å²) in [6.07, 6.45) is 1.67. The summed E-state index contributed by atoms with van der Waals surface area (Å²) < 4.78 is 88.4. The fourth-order valence-electron chi connectivity index (χ4n) is 7.66. The van der Waals surface area contributed by atoms with E-state index in [0.29, 0.717) is 73.9 Å². The first kappa shape index (κ1) is 40.2. The highest BCUT2D eigenvalue weighted by Gasteiger charge is 2.42. The van der Waals surface area contributed by atoms with Crippen LogP contribution in [0.4, 0.5) is 0 Å². The van der Waals surface area contributed by atoms with Crippen molar-refractivity contribution in [2.45, 2.75) is 103 Å². The van der Waals surface area contributed by atoms with Crippen LogP contribution >= 0.6 is 0 Å². The second-order valence-corrected chi connectivity index (χ2v) is 19.8. The van der Waals surface area contributed by atoms with Crippen LogP contribution in [0.25, 0.3) is 0 Å². The van der Waals surface area contributed by atoms with Crippen molar-refractivity contribution < 1.29 is 25.3 Å². The van der Waals surface area contributed by atoms with Gasteiger partial charge in [0.05, 0.1) is 14.7 Å². The molecule has 9 nitrogen and oxygen atoms in total. The van der Waals surface area contributed by atoms with E-state index in [1.165, 1.54) is 8.61 Å². The molecular formula is C38H55N3O6S3. The Morgan fingerprint density at radius 1 is 0.560 bits per heavy atom. The van der Waals surface area contributed by atoms with E-state index in [1.54, 1.807) is 13.8 Å². The Bertz CT molecular complexity index is 2010. The smallest absolute Gasteiger partial charge is 0.211 e. The fraction of sp³-hybridized carbons (Fsp3) is 0.526. The SMILES string of the molecule is CCN(CCCCN(CC1CC1CNS(=O)(=O)c1c(C)cc(C)cc1C)S(=O)(=O)c1c(C)cc(C)cc1C)S(=O)(=O)c1c(C)cc(C)cc1C. The minimum absolute atomic E-state index is 0.00115. The lowest BCUT2D eigenvalue weighted by molar-refractivity contribution is 0.360. The normalized spacial score (nSPS) is 16.8. The number of hydrogen-bond acceptors (Lipinski definition) is 6. The lowest BCUT2D eigenvalue weighted by Gasteiger charge is -2.26.